The maximum atomic E-state index is 14.1. The average Bonchev–Trinajstić information content (AvgIpc) is 2.65. The van der Waals surface area contributed by atoms with E-state index in [0.717, 1.165) is 38.2 Å². The highest BCUT2D eigenvalue weighted by Gasteiger charge is 2.22. The van der Waals surface area contributed by atoms with E-state index in [4.69, 9.17) is 0 Å². The summed E-state index contributed by atoms with van der Waals surface area (Å²) in [6, 6.07) is 11.7. The lowest BCUT2D eigenvalue weighted by Gasteiger charge is -2.21. The summed E-state index contributed by atoms with van der Waals surface area (Å²) in [6.07, 6.45) is 4.71. The molecule has 0 radical (unpaired) electrons. The molecule has 0 atom stereocenters. The summed E-state index contributed by atoms with van der Waals surface area (Å²) in [5, 5.41) is 2.60. The molecule has 0 aliphatic heterocycles. The number of carbonyl (C=O) groups excluding carboxylic acids is 1. The van der Waals surface area contributed by atoms with Gasteiger partial charge in [-0.15, -0.1) is 0 Å². The van der Waals surface area contributed by atoms with Gasteiger partial charge in [0.15, 0.2) is 0 Å². The SMILES string of the molecule is O=C(Nc1cc(NS(=O)(=O)c2ccccc2)ccc1F)C1CCCCC1. The number of nitrogens with one attached hydrogen (secondary N) is 2. The Hall–Kier alpha value is -2.41. The summed E-state index contributed by atoms with van der Waals surface area (Å²) in [6.45, 7) is 0. The van der Waals surface area contributed by atoms with Crippen molar-refractivity contribution >= 4 is 27.3 Å². The number of sulfonamides is 1. The molecule has 7 heteroatoms. The zero-order chi connectivity index (χ0) is 18.6. The first-order chi connectivity index (χ1) is 12.5. The van der Waals surface area contributed by atoms with Gasteiger partial charge in [0, 0.05) is 5.92 Å². The first kappa shape index (κ1) is 18.4. The fourth-order valence-corrected chi connectivity index (χ4v) is 4.17. The summed E-state index contributed by atoms with van der Waals surface area (Å²) >= 11 is 0. The first-order valence-corrected chi connectivity index (χ1v) is 10.1. The Morgan fingerprint density at radius 3 is 2.38 bits per heavy atom. The fourth-order valence-electron chi connectivity index (χ4n) is 3.10. The second-order valence-electron chi connectivity index (χ2n) is 6.44. The number of hydrogen-bond acceptors (Lipinski definition) is 3. The maximum absolute atomic E-state index is 14.1. The van der Waals surface area contributed by atoms with Crippen molar-refractivity contribution in [1.82, 2.24) is 0 Å². The van der Waals surface area contributed by atoms with Crippen LogP contribution in [0.3, 0.4) is 0 Å². The van der Waals surface area contributed by atoms with Gasteiger partial charge in [0.25, 0.3) is 10.0 Å². The number of hydrogen-bond donors (Lipinski definition) is 2. The fraction of sp³-hybridized carbons (Fsp3) is 0.316. The number of benzene rings is 2. The third-order valence-corrected chi connectivity index (χ3v) is 5.90. The van der Waals surface area contributed by atoms with Crippen LogP contribution in [0.25, 0.3) is 0 Å². The van der Waals surface area contributed by atoms with Gasteiger partial charge < -0.3 is 5.32 Å². The normalized spacial score (nSPS) is 15.4. The molecule has 0 unspecified atom stereocenters. The van der Waals surface area contributed by atoms with Crippen molar-refractivity contribution in [3.8, 4) is 0 Å². The van der Waals surface area contributed by atoms with Gasteiger partial charge in [-0.1, -0.05) is 37.5 Å². The molecule has 26 heavy (non-hydrogen) atoms. The van der Waals surface area contributed by atoms with Crippen LogP contribution < -0.4 is 10.0 Å². The summed E-state index contributed by atoms with van der Waals surface area (Å²) < 4.78 is 41.2. The Bertz CT molecular complexity index is 879. The lowest BCUT2D eigenvalue weighted by molar-refractivity contribution is -0.120. The van der Waals surface area contributed by atoms with E-state index in [1.165, 1.54) is 24.3 Å². The number of anilines is 2. The second-order valence-corrected chi connectivity index (χ2v) is 8.12. The van der Waals surface area contributed by atoms with Gasteiger partial charge in [0.05, 0.1) is 16.3 Å². The molecular weight excluding hydrogens is 355 g/mol. The molecule has 0 spiro atoms. The van der Waals surface area contributed by atoms with Gasteiger partial charge in [0.1, 0.15) is 5.82 Å². The molecule has 2 aromatic rings. The van der Waals surface area contributed by atoms with E-state index >= 15 is 0 Å². The van der Waals surface area contributed by atoms with E-state index in [1.54, 1.807) is 18.2 Å². The molecule has 0 aromatic heterocycles. The van der Waals surface area contributed by atoms with Crippen LogP contribution in [-0.2, 0) is 14.8 Å². The van der Waals surface area contributed by atoms with Crippen LogP contribution in [0.5, 0.6) is 0 Å². The smallest absolute Gasteiger partial charge is 0.261 e. The van der Waals surface area contributed by atoms with Crippen molar-refractivity contribution in [2.45, 2.75) is 37.0 Å². The Labute approximate surface area is 152 Å². The van der Waals surface area contributed by atoms with E-state index in [-0.39, 0.29) is 28.1 Å². The molecule has 1 fully saturated rings. The van der Waals surface area contributed by atoms with Crippen molar-refractivity contribution < 1.29 is 17.6 Å². The largest absolute Gasteiger partial charge is 0.323 e. The van der Waals surface area contributed by atoms with Gasteiger partial charge in [-0.3, -0.25) is 9.52 Å². The third-order valence-electron chi connectivity index (χ3n) is 4.51. The molecule has 2 aromatic carbocycles. The van der Waals surface area contributed by atoms with Crippen LogP contribution >= 0.6 is 0 Å². The van der Waals surface area contributed by atoms with E-state index in [2.05, 4.69) is 10.0 Å². The van der Waals surface area contributed by atoms with Crippen LogP contribution in [0.2, 0.25) is 0 Å². The predicted octanol–water partition coefficient (Wildman–Crippen LogP) is 4.15. The zero-order valence-corrected chi connectivity index (χ0v) is 15.1. The zero-order valence-electron chi connectivity index (χ0n) is 14.2. The van der Waals surface area contributed by atoms with Crippen LogP contribution in [0.1, 0.15) is 32.1 Å². The Morgan fingerprint density at radius 2 is 1.69 bits per heavy atom. The van der Waals surface area contributed by atoms with E-state index in [1.807, 2.05) is 0 Å². The third kappa shape index (κ3) is 4.40. The lowest BCUT2D eigenvalue weighted by Crippen LogP contribution is -2.25. The minimum absolute atomic E-state index is 0.0196. The molecule has 0 heterocycles. The maximum Gasteiger partial charge on any atom is 0.261 e. The highest BCUT2D eigenvalue weighted by molar-refractivity contribution is 7.92. The molecule has 3 rings (SSSR count). The predicted molar refractivity (Wildman–Crippen MR) is 98.9 cm³/mol. The number of amides is 1. The van der Waals surface area contributed by atoms with E-state index < -0.39 is 15.8 Å². The molecule has 138 valence electrons. The number of halogens is 1. The molecule has 1 amide bonds. The van der Waals surface area contributed by atoms with Gasteiger partial charge in [-0.05, 0) is 43.2 Å². The first-order valence-electron chi connectivity index (χ1n) is 8.64. The van der Waals surface area contributed by atoms with Crippen molar-refractivity contribution in [2.75, 3.05) is 10.0 Å². The number of rotatable bonds is 5. The van der Waals surface area contributed by atoms with E-state index in [9.17, 15) is 17.6 Å². The monoisotopic (exact) mass is 376 g/mol. The second kappa shape index (κ2) is 7.86. The van der Waals surface area contributed by atoms with E-state index in [0.29, 0.717) is 0 Å². The molecular formula is C19H21FN2O3S. The van der Waals surface area contributed by atoms with Crippen LogP contribution in [0.4, 0.5) is 15.8 Å². The molecule has 0 bridgehead atoms. The highest BCUT2D eigenvalue weighted by Crippen LogP contribution is 2.27. The molecule has 1 saturated carbocycles. The molecule has 1 aliphatic carbocycles. The quantitative estimate of drug-likeness (QED) is 0.823. The van der Waals surface area contributed by atoms with Crippen molar-refractivity contribution in [3.63, 3.8) is 0 Å². The molecule has 5 nitrogen and oxygen atoms in total. The number of carbonyl (C=O) groups is 1. The topological polar surface area (TPSA) is 75.3 Å². The lowest BCUT2D eigenvalue weighted by atomic mass is 9.88. The minimum Gasteiger partial charge on any atom is -0.323 e. The summed E-state index contributed by atoms with van der Waals surface area (Å²) in [5.41, 5.74) is 0.169. The Balaban J connectivity index is 1.76. The molecule has 1 aliphatic rings. The van der Waals surface area contributed by atoms with Crippen molar-refractivity contribution in [2.24, 2.45) is 5.92 Å². The van der Waals surface area contributed by atoms with Crippen molar-refractivity contribution in [3.05, 3.63) is 54.3 Å². The van der Waals surface area contributed by atoms with Crippen LogP contribution in [0, 0.1) is 11.7 Å². The van der Waals surface area contributed by atoms with Crippen molar-refractivity contribution in [1.29, 1.82) is 0 Å². The molecule has 2 N–H and O–H groups in total. The van der Waals surface area contributed by atoms with Gasteiger partial charge in [-0.25, -0.2) is 12.8 Å². The van der Waals surface area contributed by atoms with Crippen LogP contribution in [0.15, 0.2) is 53.4 Å². The summed E-state index contributed by atoms with van der Waals surface area (Å²) in [4.78, 5) is 12.4. The Morgan fingerprint density at radius 1 is 1.00 bits per heavy atom. The average molecular weight is 376 g/mol. The summed E-state index contributed by atoms with van der Waals surface area (Å²) in [5.74, 6) is -0.934. The minimum atomic E-state index is -3.78. The van der Waals surface area contributed by atoms with Crippen LogP contribution in [-0.4, -0.2) is 14.3 Å². The van der Waals surface area contributed by atoms with Gasteiger partial charge >= 0.3 is 0 Å². The standard InChI is InChI=1S/C19H21FN2O3S/c20-17-12-11-15(22-26(24,25)16-9-5-2-6-10-16)13-18(17)21-19(23)14-7-3-1-4-8-14/h2,5-6,9-14,22H,1,3-4,7-8H2,(H,21,23). The molecule has 0 saturated heterocycles. The Kier molecular flexibility index (Phi) is 5.56. The highest BCUT2D eigenvalue weighted by atomic mass is 32.2. The van der Waals surface area contributed by atoms with Gasteiger partial charge in [0.2, 0.25) is 5.91 Å². The van der Waals surface area contributed by atoms with Gasteiger partial charge in [-0.2, -0.15) is 0 Å². The summed E-state index contributed by atoms with van der Waals surface area (Å²) in [7, 11) is -3.78.